The Kier molecular flexibility index (Phi) is 56.3. The number of allylic oxidation sites excluding steroid dienone is 13. The number of carbonyl (C=O) groups excluding carboxylic acids is 2. The summed E-state index contributed by atoms with van der Waals surface area (Å²) in [5.41, 5.74) is 0. The number of hydrogen-bond donors (Lipinski definition) is 2. The number of rotatable bonds is 59. The van der Waals surface area contributed by atoms with Gasteiger partial charge in [0.1, 0.15) is 19.3 Å². The van der Waals surface area contributed by atoms with Crippen molar-refractivity contribution in [1.82, 2.24) is 5.32 Å². The van der Waals surface area contributed by atoms with Crippen molar-refractivity contribution in [2.75, 3.05) is 40.9 Å². The van der Waals surface area contributed by atoms with E-state index in [9.17, 15) is 19.0 Å². The first-order valence-electron chi connectivity index (χ1n) is 32.9. The number of nitrogens with one attached hydrogen (secondary N) is 1. The smallest absolute Gasteiger partial charge is 0.456 e. The van der Waals surface area contributed by atoms with Crippen LogP contribution in [0.1, 0.15) is 290 Å². The van der Waals surface area contributed by atoms with Crippen LogP contribution < -0.4 is 5.32 Å². The van der Waals surface area contributed by atoms with Crippen molar-refractivity contribution in [2.45, 2.75) is 303 Å². The molecule has 0 aromatic heterocycles. The summed E-state index contributed by atoms with van der Waals surface area (Å²) < 4.78 is 30.7. The van der Waals surface area contributed by atoms with E-state index in [0.29, 0.717) is 17.4 Å². The fourth-order valence-corrected chi connectivity index (χ4v) is 9.93. The fraction of sp³-hybridized carbons (Fsp3) is 0.768. The second-order valence-corrected chi connectivity index (χ2v) is 24.7. The molecule has 0 fully saturated rings. The van der Waals surface area contributed by atoms with Gasteiger partial charge in [-0.05, 0) is 109 Å². The molecule has 3 atom stereocenters. The Morgan fingerprint density at radius 3 is 1.18 bits per heavy atom. The van der Waals surface area contributed by atoms with Crippen LogP contribution in [0, 0.1) is 0 Å². The quantitative estimate of drug-likeness (QED) is 0.0205. The van der Waals surface area contributed by atoms with Crippen molar-refractivity contribution in [3.63, 3.8) is 0 Å². The van der Waals surface area contributed by atoms with Crippen LogP contribution >= 0.6 is 7.82 Å². The first-order chi connectivity index (χ1) is 38.4. The molecule has 9 nitrogen and oxygen atoms in total. The summed E-state index contributed by atoms with van der Waals surface area (Å²) in [6.45, 7) is 6.95. The zero-order chi connectivity index (χ0) is 57.9. The van der Waals surface area contributed by atoms with Crippen molar-refractivity contribution < 1.29 is 37.3 Å². The van der Waals surface area contributed by atoms with Crippen molar-refractivity contribution >= 4 is 19.7 Å². The predicted molar refractivity (Wildman–Crippen MR) is 341 cm³/mol. The van der Waals surface area contributed by atoms with E-state index in [1.165, 1.54) is 161 Å². The molecule has 0 saturated heterocycles. The molecule has 0 heterocycles. The van der Waals surface area contributed by atoms with Crippen LogP contribution in [0.4, 0.5) is 0 Å². The summed E-state index contributed by atoms with van der Waals surface area (Å²) in [5, 5.41) is 3.05. The van der Waals surface area contributed by atoms with Gasteiger partial charge in [0.15, 0.2) is 0 Å². The standard InChI is InChI=1S/C69H125N2O7P/c1-7-10-13-16-19-22-25-27-29-31-33-34-35-36-38-39-41-43-46-49-52-55-58-61-68(72)70-66(65-77-79(74,75)76-64-63-71(4,5)6)67(60-57-54-51-48-45-24-21-18-15-12-9-3)78-69(73)62-59-56-53-50-47-44-42-40-37-32-30-28-26-23-20-17-14-11-8-2/h19-20,22-23,27-30,33-34,36,38,57,60,66-67H,7-18,21,24-26,31-32,35,37,39-56,58-59,61-65H2,1-6H3,(H-,70,72,74,75)/p+1/b22-19-,23-20-,29-27-,30-28-,34-33-,38-36-,60-57-. The minimum atomic E-state index is -4.46. The lowest BCUT2D eigenvalue weighted by atomic mass is 10.0. The largest absolute Gasteiger partial charge is 0.472 e. The highest BCUT2D eigenvalue weighted by Gasteiger charge is 2.30. The van der Waals surface area contributed by atoms with Crippen LogP contribution in [-0.2, 0) is 27.9 Å². The van der Waals surface area contributed by atoms with E-state index >= 15 is 0 Å². The first-order valence-corrected chi connectivity index (χ1v) is 34.4. The van der Waals surface area contributed by atoms with Gasteiger partial charge >= 0.3 is 13.8 Å². The average Bonchev–Trinajstić information content (AvgIpc) is 3.41. The summed E-state index contributed by atoms with van der Waals surface area (Å²) in [4.78, 5) is 37.8. The molecule has 0 radical (unpaired) electrons. The molecule has 0 aromatic rings. The molecule has 0 rings (SSSR count). The van der Waals surface area contributed by atoms with Crippen LogP contribution in [0.2, 0.25) is 0 Å². The number of hydrogen-bond acceptors (Lipinski definition) is 6. The number of unbranched alkanes of at least 4 members (excludes halogenated alkanes) is 31. The molecule has 3 unspecified atom stereocenters. The lowest BCUT2D eigenvalue weighted by molar-refractivity contribution is -0.870. The Morgan fingerprint density at radius 1 is 0.443 bits per heavy atom. The van der Waals surface area contributed by atoms with E-state index in [-0.39, 0.29) is 31.5 Å². The molecule has 0 bridgehead atoms. The highest BCUT2D eigenvalue weighted by atomic mass is 31.2. The number of amides is 1. The maximum absolute atomic E-state index is 13.6. The highest BCUT2D eigenvalue weighted by molar-refractivity contribution is 7.47. The summed E-state index contributed by atoms with van der Waals surface area (Å²) in [5.74, 6) is -0.521. The molecule has 0 aromatic carbocycles. The summed E-state index contributed by atoms with van der Waals surface area (Å²) in [6.07, 6.45) is 77.2. The maximum atomic E-state index is 13.6. The number of carbonyl (C=O) groups is 2. The van der Waals surface area contributed by atoms with E-state index in [1.807, 2.05) is 33.3 Å². The van der Waals surface area contributed by atoms with Crippen molar-refractivity contribution in [1.29, 1.82) is 0 Å². The molecule has 458 valence electrons. The zero-order valence-corrected chi connectivity index (χ0v) is 53.2. The van der Waals surface area contributed by atoms with Gasteiger partial charge in [0.05, 0.1) is 33.8 Å². The van der Waals surface area contributed by atoms with Gasteiger partial charge < -0.3 is 19.4 Å². The molecule has 2 N–H and O–H groups in total. The molecule has 1 amide bonds. The highest BCUT2D eigenvalue weighted by Crippen LogP contribution is 2.43. The Hall–Kier alpha value is -2.81. The topological polar surface area (TPSA) is 111 Å². The molecule has 0 spiro atoms. The third-order valence-corrected chi connectivity index (χ3v) is 15.3. The van der Waals surface area contributed by atoms with Crippen LogP contribution in [-0.4, -0.2) is 74.3 Å². The van der Waals surface area contributed by atoms with Gasteiger partial charge in [-0.1, -0.05) is 254 Å². The lowest BCUT2D eigenvalue weighted by Crippen LogP contribution is -2.47. The Labute approximate surface area is 488 Å². The molecule has 10 heteroatoms. The lowest BCUT2D eigenvalue weighted by Gasteiger charge is -2.27. The molecule has 79 heavy (non-hydrogen) atoms. The van der Waals surface area contributed by atoms with Crippen LogP contribution in [0.15, 0.2) is 85.1 Å². The minimum Gasteiger partial charge on any atom is -0.456 e. The van der Waals surface area contributed by atoms with E-state index in [4.69, 9.17) is 13.8 Å². The Morgan fingerprint density at radius 2 is 0.772 bits per heavy atom. The number of likely N-dealkylation sites (N-methyl/N-ethyl adjacent to an activating group) is 1. The second kappa shape index (κ2) is 58.4. The summed E-state index contributed by atoms with van der Waals surface area (Å²) >= 11 is 0. The number of phosphoric acid groups is 1. The molecular formula is C69H126N2O7P+. The number of nitrogens with zero attached hydrogens (tertiary/aromatic N) is 1. The van der Waals surface area contributed by atoms with Gasteiger partial charge in [0, 0.05) is 12.8 Å². The SMILES string of the molecule is CCCCC/C=C\C/C=C\C/C=C\C/C=C\CCCCCCCCCC(=O)NC(COP(=O)(O)OCC[N+](C)(C)C)C(/C=C\CCCCCCCCCCC)OC(=O)CCCCCCCCCCC/C=C\C/C=C\CCCCC. The number of phosphoric ester groups is 1. The summed E-state index contributed by atoms with van der Waals surface area (Å²) in [7, 11) is 1.48. The Balaban J connectivity index is 5.17. The van der Waals surface area contributed by atoms with E-state index in [0.717, 1.165) is 96.3 Å². The van der Waals surface area contributed by atoms with E-state index in [2.05, 4.69) is 99.0 Å². The van der Waals surface area contributed by atoms with E-state index < -0.39 is 20.0 Å². The third-order valence-electron chi connectivity index (χ3n) is 14.3. The molecular weight excluding hydrogens is 1000 g/mol. The molecule has 0 saturated carbocycles. The zero-order valence-electron chi connectivity index (χ0n) is 52.3. The van der Waals surface area contributed by atoms with Crippen LogP contribution in [0.25, 0.3) is 0 Å². The monoisotopic (exact) mass is 1130 g/mol. The number of ether oxygens (including phenoxy) is 1. The van der Waals surface area contributed by atoms with Gasteiger partial charge in [0.2, 0.25) is 5.91 Å². The van der Waals surface area contributed by atoms with Crippen molar-refractivity contribution in [3.8, 4) is 0 Å². The minimum absolute atomic E-state index is 0.0340. The predicted octanol–water partition coefficient (Wildman–Crippen LogP) is 20.6. The maximum Gasteiger partial charge on any atom is 0.472 e. The normalized spacial score (nSPS) is 14.2. The van der Waals surface area contributed by atoms with Crippen molar-refractivity contribution in [3.05, 3.63) is 85.1 Å². The molecule has 0 aliphatic rings. The second-order valence-electron chi connectivity index (χ2n) is 23.3. The fourth-order valence-electron chi connectivity index (χ4n) is 9.19. The van der Waals surface area contributed by atoms with Crippen molar-refractivity contribution in [2.24, 2.45) is 0 Å². The summed E-state index contributed by atoms with van der Waals surface area (Å²) in [6, 6.07) is -0.860. The van der Waals surface area contributed by atoms with E-state index in [1.54, 1.807) is 0 Å². The third kappa shape index (κ3) is 59.6. The Bertz CT molecular complexity index is 1630. The van der Waals surface area contributed by atoms with Gasteiger partial charge in [-0.2, -0.15) is 0 Å². The average molecular weight is 1130 g/mol. The molecule has 0 aliphatic heterocycles. The van der Waals surface area contributed by atoms with Crippen LogP contribution in [0.3, 0.4) is 0 Å². The van der Waals surface area contributed by atoms with Gasteiger partial charge in [-0.3, -0.25) is 18.6 Å². The molecule has 0 aliphatic carbocycles. The number of quaternary nitrogens is 1. The van der Waals surface area contributed by atoms with Gasteiger partial charge in [-0.25, -0.2) is 4.57 Å². The van der Waals surface area contributed by atoms with Gasteiger partial charge in [0.25, 0.3) is 0 Å². The van der Waals surface area contributed by atoms with Gasteiger partial charge in [-0.15, -0.1) is 0 Å². The van der Waals surface area contributed by atoms with Crippen LogP contribution in [0.5, 0.6) is 0 Å². The first kappa shape index (κ1) is 76.2. The number of esters is 1.